The summed E-state index contributed by atoms with van der Waals surface area (Å²) in [5.41, 5.74) is 1.17. The summed E-state index contributed by atoms with van der Waals surface area (Å²) in [5, 5.41) is 9.35. The van der Waals surface area contributed by atoms with E-state index in [4.69, 9.17) is 0 Å². The molecule has 0 bridgehead atoms. The Kier molecular flexibility index (Phi) is 2.91. The van der Waals surface area contributed by atoms with Crippen LogP contribution < -0.4 is 4.90 Å². The lowest BCUT2D eigenvalue weighted by molar-refractivity contribution is 0.244. The van der Waals surface area contributed by atoms with E-state index >= 15 is 0 Å². The predicted octanol–water partition coefficient (Wildman–Crippen LogP) is 1.60. The second kappa shape index (κ2) is 4.19. The Hall–Kier alpha value is -1.09. The van der Waals surface area contributed by atoms with Crippen LogP contribution in [0.25, 0.3) is 0 Å². The Morgan fingerprint density at radius 1 is 1.53 bits per heavy atom. The standard InChI is InChI=1S/C12H18N2O/c1-9-3-4-12(13-7-9)14-6-5-10(2)11(14)8-15/h3-4,7,10-11,15H,5-6,8H2,1-2H3. The molecule has 1 aromatic heterocycles. The van der Waals surface area contributed by atoms with Crippen molar-refractivity contribution in [3.8, 4) is 0 Å². The van der Waals surface area contributed by atoms with Crippen LogP contribution in [0.15, 0.2) is 18.3 Å². The van der Waals surface area contributed by atoms with E-state index in [1.54, 1.807) is 0 Å². The predicted molar refractivity (Wildman–Crippen MR) is 61.0 cm³/mol. The molecule has 2 atom stereocenters. The van der Waals surface area contributed by atoms with Gasteiger partial charge in [-0.15, -0.1) is 0 Å². The highest BCUT2D eigenvalue weighted by molar-refractivity contribution is 5.42. The van der Waals surface area contributed by atoms with Crippen LogP contribution in [0.3, 0.4) is 0 Å². The highest BCUT2D eigenvalue weighted by atomic mass is 16.3. The number of aliphatic hydroxyl groups excluding tert-OH is 1. The Morgan fingerprint density at radius 2 is 2.33 bits per heavy atom. The molecule has 15 heavy (non-hydrogen) atoms. The summed E-state index contributed by atoms with van der Waals surface area (Å²) in [4.78, 5) is 6.62. The van der Waals surface area contributed by atoms with Gasteiger partial charge in [-0.3, -0.25) is 0 Å². The molecule has 1 aliphatic rings. The van der Waals surface area contributed by atoms with Crippen molar-refractivity contribution in [3.05, 3.63) is 23.9 Å². The molecule has 1 fully saturated rings. The third kappa shape index (κ3) is 1.97. The molecule has 1 aromatic rings. The Bertz CT molecular complexity index is 323. The average molecular weight is 206 g/mol. The molecule has 0 saturated carbocycles. The first-order valence-corrected chi connectivity index (χ1v) is 5.52. The molecule has 0 aliphatic carbocycles. The summed E-state index contributed by atoms with van der Waals surface area (Å²) in [6, 6.07) is 4.34. The molecule has 0 aromatic carbocycles. The van der Waals surface area contributed by atoms with Gasteiger partial charge in [0.1, 0.15) is 5.82 Å². The average Bonchev–Trinajstić information content (AvgIpc) is 2.61. The van der Waals surface area contributed by atoms with Crippen LogP contribution in [0.5, 0.6) is 0 Å². The highest BCUT2D eigenvalue weighted by Gasteiger charge is 2.31. The van der Waals surface area contributed by atoms with Crippen molar-refractivity contribution in [2.24, 2.45) is 5.92 Å². The van der Waals surface area contributed by atoms with Crippen molar-refractivity contribution in [3.63, 3.8) is 0 Å². The molecule has 3 nitrogen and oxygen atoms in total. The van der Waals surface area contributed by atoms with Crippen molar-refractivity contribution >= 4 is 5.82 Å². The van der Waals surface area contributed by atoms with E-state index in [9.17, 15) is 5.11 Å². The summed E-state index contributed by atoms with van der Waals surface area (Å²) >= 11 is 0. The first kappa shape index (κ1) is 10.4. The second-order valence-electron chi connectivity index (χ2n) is 4.40. The van der Waals surface area contributed by atoms with Crippen molar-refractivity contribution in [1.82, 2.24) is 4.98 Å². The van der Waals surface area contributed by atoms with Gasteiger partial charge in [0.15, 0.2) is 0 Å². The topological polar surface area (TPSA) is 36.4 Å². The number of aryl methyl sites for hydroxylation is 1. The molecule has 1 N–H and O–H groups in total. The quantitative estimate of drug-likeness (QED) is 0.798. The van der Waals surface area contributed by atoms with Gasteiger partial charge in [-0.1, -0.05) is 13.0 Å². The molecule has 82 valence electrons. The number of rotatable bonds is 2. The lowest BCUT2D eigenvalue weighted by Gasteiger charge is -2.26. The van der Waals surface area contributed by atoms with Crippen LogP contribution in [0.4, 0.5) is 5.82 Å². The monoisotopic (exact) mass is 206 g/mol. The van der Waals surface area contributed by atoms with E-state index in [0.717, 1.165) is 18.8 Å². The summed E-state index contributed by atoms with van der Waals surface area (Å²) in [5.74, 6) is 1.54. The summed E-state index contributed by atoms with van der Waals surface area (Å²) in [6.07, 6.45) is 3.02. The number of aromatic nitrogens is 1. The summed E-state index contributed by atoms with van der Waals surface area (Å²) < 4.78 is 0. The minimum Gasteiger partial charge on any atom is -0.394 e. The Balaban J connectivity index is 2.20. The maximum absolute atomic E-state index is 9.35. The van der Waals surface area contributed by atoms with Gasteiger partial charge in [-0.05, 0) is 30.9 Å². The van der Waals surface area contributed by atoms with Crippen LogP contribution in [0.1, 0.15) is 18.9 Å². The molecule has 0 amide bonds. The summed E-state index contributed by atoms with van der Waals surface area (Å²) in [7, 11) is 0. The van der Waals surface area contributed by atoms with Crippen molar-refractivity contribution in [2.75, 3.05) is 18.1 Å². The van der Waals surface area contributed by atoms with Gasteiger partial charge in [0.25, 0.3) is 0 Å². The molecular formula is C12H18N2O. The van der Waals surface area contributed by atoms with Crippen LogP contribution >= 0.6 is 0 Å². The lowest BCUT2D eigenvalue weighted by atomic mass is 10.0. The molecule has 3 heteroatoms. The molecule has 2 unspecified atom stereocenters. The maximum atomic E-state index is 9.35. The number of nitrogens with zero attached hydrogens (tertiary/aromatic N) is 2. The lowest BCUT2D eigenvalue weighted by Crippen LogP contribution is -2.35. The Labute approximate surface area is 90.8 Å². The number of aliphatic hydroxyl groups is 1. The molecule has 0 radical (unpaired) electrons. The first-order chi connectivity index (χ1) is 7.22. The largest absolute Gasteiger partial charge is 0.394 e. The minimum absolute atomic E-state index is 0.219. The van der Waals surface area contributed by atoms with Crippen molar-refractivity contribution in [2.45, 2.75) is 26.3 Å². The van der Waals surface area contributed by atoms with E-state index in [2.05, 4.69) is 22.9 Å². The zero-order valence-corrected chi connectivity index (χ0v) is 9.35. The van der Waals surface area contributed by atoms with E-state index in [1.807, 2.05) is 19.2 Å². The van der Waals surface area contributed by atoms with Crippen molar-refractivity contribution in [1.29, 1.82) is 0 Å². The van der Waals surface area contributed by atoms with Gasteiger partial charge in [-0.2, -0.15) is 0 Å². The SMILES string of the molecule is Cc1ccc(N2CCC(C)C2CO)nc1. The van der Waals surface area contributed by atoms with Gasteiger partial charge in [0.2, 0.25) is 0 Å². The van der Waals surface area contributed by atoms with E-state index in [0.29, 0.717) is 5.92 Å². The number of pyridine rings is 1. The molecule has 2 rings (SSSR count). The zero-order chi connectivity index (χ0) is 10.8. The van der Waals surface area contributed by atoms with Crippen molar-refractivity contribution < 1.29 is 5.11 Å². The fraction of sp³-hybridized carbons (Fsp3) is 0.583. The van der Waals surface area contributed by atoms with E-state index in [-0.39, 0.29) is 12.6 Å². The molecule has 1 saturated heterocycles. The smallest absolute Gasteiger partial charge is 0.128 e. The van der Waals surface area contributed by atoms with E-state index in [1.165, 1.54) is 5.56 Å². The zero-order valence-electron chi connectivity index (χ0n) is 9.35. The fourth-order valence-electron chi connectivity index (χ4n) is 2.20. The van der Waals surface area contributed by atoms with Crippen LogP contribution in [-0.2, 0) is 0 Å². The molecule has 2 heterocycles. The molecule has 1 aliphatic heterocycles. The highest BCUT2D eigenvalue weighted by Crippen LogP contribution is 2.27. The van der Waals surface area contributed by atoms with Gasteiger partial charge in [-0.25, -0.2) is 4.98 Å². The number of anilines is 1. The van der Waals surface area contributed by atoms with Gasteiger partial charge in [0.05, 0.1) is 12.6 Å². The third-order valence-corrected chi connectivity index (χ3v) is 3.26. The molecular weight excluding hydrogens is 188 g/mol. The van der Waals surface area contributed by atoms with Gasteiger partial charge >= 0.3 is 0 Å². The van der Waals surface area contributed by atoms with Gasteiger partial charge in [0, 0.05) is 12.7 Å². The van der Waals surface area contributed by atoms with Gasteiger partial charge < -0.3 is 10.0 Å². The van der Waals surface area contributed by atoms with Crippen LogP contribution in [-0.4, -0.2) is 29.3 Å². The summed E-state index contributed by atoms with van der Waals surface area (Å²) in [6.45, 7) is 5.45. The van der Waals surface area contributed by atoms with Crippen LogP contribution in [0.2, 0.25) is 0 Å². The number of hydrogen-bond donors (Lipinski definition) is 1. The first-order valence-electron chi connectivity index (χ1n) is 5.52. The fourth-order valence-corrected chi connectivity index (χ4v) is 2.20. The van der Waals surface area contributed by atoms with E-state index < -0.39 is 0 Å². The second-order valence-corrected chi connectivity index (χ2v) is 4.40. The Morgan fingerprint density at radius 3 is 2.93 bits per heavy atom. The third-order valence-electron chi connectivity index (χ3n) is 3.26. The van der Waals surface area contributed by atoms with Crippen LogP contribution in [0, 0.1) is 12.8 Å². The molecule has 0 spiro atoms. The maximum Gasteiger partial charge on any atom is 0.128 e. The normalized spacial score (nSPS) is 25.9. The number of hydrogen-bond acceptors (Lipinski definition) is 3. The minimum atomic E-state index is 0.219.